The average molecular weight is 400 g/mol. The van der Waals surface area contributed by atoms with Gasteiger partial charge in [0.15, 0.2) is 0 Å². The van der Waals surface area contributed by atoms with Crippen molar-refractivity contribution in [2.45, 2.75) is 18.0 Å². The lowest BCUT2D eigenvalue weighted by atomic mass is 10.2. The first-order valence-electron chi connectivity index (χ1n) is 7.67. The number of hydrogen-bond acceptors (Lipinski definition) is 5. The van der Waals surface area contributed by atoms with Crippen LogP contribution in [0.25, 0.3) is 0 Å². The molecule has 2 aromatic carbocycles. The molecule has 1 N–H and O–H groups in total. The van der Waals surface area contributed by atoms with E-state index in [0.717, 1.165) is 11.6 Å². The number of aryl methyl sites for hydroxylation is 1. The monoisotopic (exact) mass is 400 g/mol. The second kappa shape index (κ2) is 8.76. The summed E-state index contributed by atoms with van der Waals surface area (Å²) in [5.41, 5.74) is -0.909. The van der Waals surface area contributed by atoms with Crippen LogP contribution in [0.1, 0.15) is 11.1 Å². The van der Waals surface area contributed by atoms with Crippen molar-refractivity contribution in [3.05, 3.63) is 63.7 Å². The number of halogens is 3. The molecule has 0 saturated heterocycles. The van der Waals surface area contributed by atoms with Crippen LogP contribution in [-0.2, 0) is 6.18 Å². The molecule has 6 nitrogen and oxygen atoms in total. The first-order valence-corrected chi connectivity index (χ1v) is 8.49. The average Bonchev–Trinajstić information content (AvgIpc) is 2.58. The number of thioether (sulfide) groups is 1. The van der Waals surface area contributed by atoms with Gasteiger partial charge in [-0.25, -0.2) is 0 Å². The van der Waals surface area contributed by atoms with Crippen LogP contribution in [0.15, 0.2) is 47.4 Å². The van der Waals surface area contributed by atoms with Crippen LogP contribution >= 0.6 is 11.8 Å². The summed E-state index contributed by atoms with van der Waals surface area (Å²) in [5.74, 6) is 0.635. The van der Waals surface area contributed by atoms with Crippen LogP contribution in [0.4, 0.5) is 23.7 Å². The quantitative estimate of drug-likeness (QED) is 0.326. The third-order valence-electron chi connectivity index (χ3n) is 3.32. The third kappa shape index (κ3) is 6.17. The Bertz CT molecular complexity index is 843. The molecule has 0 atom stereocenters. The van der Waals surface area contributed by atoms with E-state index in [-0.39, 0.29) is 18.0 Å². The van der Waals surface area contributed by atoms with E-state index in [1.807, 2.05) is 25.1 Å². The van der Waals surface area contributed by atoms with E-state index in [9.17, 15) is 28.1 Å². The van der Waals surface area contributed by atoms with Crippen molar-refractivity contribution in [1.29, 1.82) is 0 Å². The molecule has 0 unspecified atom stereocenters. The molecule has 0 spiro atoms. The number of benzene rings is 2. The number of alkyl halides is 3. The van der Waals surface area contributed by atoms with Crippen LogP contribution < -0.4 is 10.1 Å². The fraction of sp³-hybridized carbons (Fsp3) is 0.235. The zero-order valence-electron chi connectivity index (χ0n) is 14.1. The minimum atomic E-state index is -4.71. The number of amides is 1. The van der Waals surface area contributed by atoms with E-state index in [2.05, 4.69) is 5.32 Å². The molecule has 2 rings (SSSR count). The molecular formula is C17H15F3N2O4S. The van der Waals surface area contributed by atoms with E-state index in [4.69, 9.17) is 4.74 Å². The first-order chi connectivity index (χ1) is 12.7. The topological polar surface area (TPSA) is 81.5 Å². The lowest BCUT2D eigenvalue weighted by Crippen LogP contribution is -2.24. The van der Waals surface area contributed by atoms with Crippen molar-refractivity contribution < 1.29 is 27.6 Å². The van der Waals surface area contributed by atoms with E-state index in [1.54, 1.807) is 6.07 Å². The van der Waals surface area contributed by atoms with Gasteiger partial charge in [-0.3, -0.25) is 14.9 Å². The molecule has 0 aliphatic carbocycles. The minimum Gasteiger partial charge on any atom is -0.492 e. The number of rotatable bonds is 6. The minimum absolute atomic E-state index is 0.133. The SMILES string of the molecule is Cc1cccc(OCCNC(=O)Sc2ccc(C(F)(F)F)cc2[N+](=O)[O-])c1. The van der Waals surface area contributed by atoms with Crippen LogP contribution in [0.3, 0.4) is 0 Å². The van der Waals surface area contributed by atoms with Gasteiger partial charge in [-0.05, 0) is 48.5 Å². The van der Waals surface area contributed by atoms with Gasteiger partial charge in [-0.15, -0.1) is 0 Å². The Hall–Kier alpha value is -2.75. The maximum absolute atomic E-state index is 12.7. The van der Waals surface area contributed by atoms with Crippen molar-refractivity contribution in [2.24, 2.45) is 0 Å². The summed E-state index contributed by atoms with van der Waals surface area (Å²) in [6.07, 6.45) is -4.71. The Morgan fingerprint density at radius 2 is 2.00 bits per heavy atom. The lowest BCUT2D eigenvalue weighted by molar-refractivity contribution is -0.388. The standard InChI is InChI=1S/C17H15F3N2O4S/c1-11-3-2-4-13(9-11)26-8-7-21-16(23)27-15-6-5-12(17(18,19)20)10-14(15)22(24)25/h2-6,9-10H,7-8H2,1H3,(H,21,23). The van der Waals surface area contributed by atoms with Gasteiger partial charge in [-0.2, -0.15) is 13.2 Å². The number of carbonyl (C=O) groups excluding carboxylic acids is 1. The van der Waals surface area contributed by atoms with E-state index >= 15 is 0 Å². The maximum atomic E-state index is 12.7. The van der Waals surface area contributed by atoms with Gasteiger partial charge >= 0.3 is 6.18 Å². The maximum Gasteiger partial charge on any atom is 0.416 e. The molecule has 1 amide bonds. The highest BCUT2D eigenvalue weighted by atomic mass is 32.2. The summed E-state index contributed by atoms with van der Waals surface area (Å²) in [4.78, 5) is 21.8. The third-order valence-corrected chi connectivity index (χ3v) is 4.21. The van der Waals surface area contributed by atoms with Crippen molar-refractivity contribution in [3.8, 4) is 5.75 Å². The highest BCUT2D eigenvalue weighted by Crippen LogP contribution is 2.36. The van der Waals surface area contributed by atoms with E-state index < -0.39 is 27.6 Å². The van der Waals surface area contributed by atoms with E-state index in [1.165, 1.54) is 0 Å². The molecule has 0 fully saturated rings. The summed E-state index contributed by atoms with van der Waals surface area (Å²) in [6, 6.07) is 9.33. The largest absolute Gasteiger partial charge is 0.492 e. The number of ether oxygens (including phenoxy) is 1. The lowest BCUT2D eigenvalue weighted by Gasteiger charge is -2.09. The highest BCUT2D eigenvalue weighted by molar-refractivity contribution is 8.13. The van der Waals surface area contributed by atoms with Gasteiger partial charge in [0.1, 0.15) is 12.4 Å². The van der Waals surface area contributed by atoms with Gasteiger partial charge in [0.05, 0.1) is 21.9 Å². The number of nitrogens with zero attached hydrogens (tertiary/aromatic N) is 1. The predicted molar refractivity (Wildman–Crippen MR) is 94.0 cm³/mol. The zero-order valence-corrected chi connectivity index (χ0v) is 14.9. The number of nitro benzene ring substituents is 1. The molecule has 0 aliphatic rings. The number of hydrogen-bond donors (Lipinski definition) is 1. The summed E-state index contributed by atoms with van der Waals surface area (Å²) in [5, 5.41) is 12.8. The second-order valence-corrected chi connectivity index (χ2v) is 6.43. The summed E-state index contributed by atoms with van der Waals surface area (Å²) in [7, 11) is 0. The number of carbonyl (C=O) groups is 1. The fourth-order valence-electron chi connectivity index (χ4n) is 2.09. The summed E-state index contributed by atoms with van der Waals surface area (Å²) < 4.78 is 43.5. The molecule has 0 saturated carbocycles. The normalized spacial score (nSPS) is 11.1. The van der Waals surface area contributed by atoms with Crippen LogP contribution in [0.5, 0.6) is 5.75 Å². The summed E-state index contributed by atoms with van der Waals surface area (Å²) >= 11 is 0.452. The van der Waals surface area contributed by atoms with Gasteiger partial charge in [0, 0.05) is 6.07 Å². The fourth-order valence-corrected chi connectivity index (χ4v) is 2.83. The first kappa shape index (κ1) is 20.6. The van der Waals surface area contributed by atoms with Gasteiger partial charge in [-0.1, -0.05) is 12.1 Å². The van der Waals surface area contributed by atoms with Crippen molar-refractivity contribution in [3.63, 3.8) is 0 Å². The van der Waals surface area contributed by atoms with Gasteiger partial charge in [0.2, 0.25) is 0 Å². The molecule has 0 radical (unpaired) electrons. The van der Waals surface area contributed by atoms with Crippen molar-refractivity contribution in [2.75, 3.05) is 13.2 Å². The second-order valence-electron chi connectivity index (χ2n) is 5.42. The van der Waals surface area contributed by atoms with E-state index in [0.29, 0.717) is 29.6 Å². The molecule has 0 heterocycles. The van der Waals surface area contributed by atoms with Crippen molar-refractivity contribution in [1.82, 2.24) is 5.32 Å². The number of nitrogens with one attached hydrogen (secondary N) is 1. The van der Waals surface area contributed by atoms with Crippen LogP contribution in [0, 0.1) is 17.0 Å². The Morgan fingerprint density at radius 1 is 1.26 bits per heavy atom. The van der Waals surface area contributed by atoms with Crippen molar-refractivity contribution >= 4 is 22.7 Å². The molecule has 0 bridgehead atoms. The smallest absolute Gasteiger partial charge is 0.416 e. The molecule has 0 aromatic heterocycles. The Balaban J connectivity index is 1.92. The Labute approximate surface area is 156 Å². The molecule has 0 aliphatic heterocycles. The molecule has 144 valence electrons. The molecule has 10 heteroatoms. The Kier molecular flexibility index (Phi) is 6.67. The molecular weight excluding hydrogens is 385 g/mol. The molecule has 27 heavy (non-hydrogen) atoms. The predicted octanol–water partition coefficient (Wildman–Crippen LogP) is 4.80. The number of nitro groups is 1. The van der Waals surface area contributed by atoms with Crippen LogP contribution in [-0.4, -0.2) is 23.3 Å². The molecule has 2 aromatic rings. The van der Waals surface area contributed by atoms with Gasteiger partial charge < -0.3 is 10.1 Å². The summed E-state index contributed by atoms with van der Waals surface area (Å²) in [6.45, 7) is 2.21. The highest BCUT2D eigenvalue weighted by Gasteiger charge is 2.33. The Morgan fingerprint density at radius 3 is 2.63 bits per heavy atom. The zero-order chi connectivity index (χ0) is 20.0. The van der Waals surface area contributed by atoms with Crippen LogP contribution in [0.2, 0.25) is 0 Å². The van der Waals surface area contributed by atoms with Gasteiger partial charge in [0.25, 0.3) is 10.9 Å².